The molecule has 1 aromatic heterocycles. The molecule has 1 aliphatic carbocycles. The monoisotopic (exact) mass is 211 g/mol. The van der Waals surface area contributed by atoms with Crippen LogP contribution in [0.1, 0.15) is 37.4 Å². The van der Waals surface area contributed by atoms with Gasteiger partial charge in [0.25, 0.3) is 0 Å². The van der Waals surface area contributed by atoms with E-state index in [0.29, 0.717) is 24.7 Å². The molecule has 1 saturated carbocycles. The summed E-state index contributed by atoms with van der Waals surface area (Å²) in [6, 6.07) is 0. The number of hydrogen-bond donors (Lipinski definition) is 2. The van der Waals surface area contributed by atoms with Crippen molar-refractivity contribution >= 4 is 0 Å². The third kappa shape index (κ3) is 1.89. The third-order valence-electron chi connectivity index (χ3n) is 3.21. The number of aliphatic hydroxyl groups excluding tert-OH is 1. The Labute approximate surface area is 88.7 Å². The number of nitrogens with two attached hydrogens (primary N) is 1. The number of nitrogens with zero attached hydrogens (tertiary/aromatic N) is 2. The second kappa shape index (κ2) is 4.28. The first kappa shape index (κ1) is 10.6. The van der Waals surface area contributed by atoms with E-state index in [0.717, 1.165) is 12.8 Å². The minimum absolute atomic E-state index is 0.0502. The molecule has 0 amide bonds. The van der Waals surface area contributed by atoms with E-state index in [4.69, 9.17) is 15.4 Å². The van der Waals surface area contributed by atoms with Gasteiger partial charge in [-0.25, -0.2) is 0 Å². The van der Waals surface area contributed by atoms with Crippen molar-refractivity contribution in [2.24, 2.45) is 5.73 Å². The number of rotatable bonds is 4. The number of aromatic nitrogens is 2. The van der Waals surface area contributed by atoms with Crippen LogP contribution in [0, 0.1) is 0 Å². The lowest BCUT2D eigenvalue weighted by molar-refractivity contribution is 0.277. The van der Waals surface area contributed by atoms with Crippen LogP contribution < -0.4 is 5.73 Å². The van der Waals surface area contributed by atoms with Crippen LogP contribution in [0.15, 0.2) is 4.52 Å². The molecule has 5 heteroatoms. The minimum Gasteiger partial charge on any atom is -0.396 e. The zero-order valence-corrected chi connectivity index (χ0v) is 8.78. The molecule has 1 aliphatic rings. The van der Waals surface area contributed by atoms with Crippen molar-refractivity contribution in [3.05, 3.63) is 11.7 Å². The lowest BCUT2D eigenvalue weighted by Gasteiger charge is -2.21. The van der Waals surface area contributed by atoms with E-state index >= 15 is 0 Å². The second-order valence-corrected chi connectivity index (χ2v) is 4.18. The van der Waals surface area contributed by atoms with E-state index in [1.165, 1.54) is 12.8 Å². The van der Waals surface area contributed by atoms with Crippen LogP contribution in [0.25, 0.3) is 0 Å². The molecule has 0 saturated heterocycles. The van der Waals surface area contributed by atoms with Gasteiger partial charge in [-0.05, 0) is 12.8 Å². The summed E-state index contributed by atoms with van der Waals surface area (Å²) in [6.07, 6.45) is 4.86. The molecular weight excluding hydrogens is 194 g/mol. The van der Waals surface area contributed by atoms with Crippen molar-refractivity contribution < 1.29 is 9.63 Å². The Morgan fingerprint density at radius 2 is 2.13 bits per heavy atom. The molecular formula is C10H17N3O2. The molecule has 0 unspecified atom stereocenters. The molecule has 2 rings (SSSR count). The molecule has 15 heavy (non-hydrogen) atoms. The SMILES string of the molecule is NCC1(c2nc(CCO)no2)CCCC1. The molecule has 0 aliphatic heterocycles. The van der Waals surface area contributed by atoms with Crippen molar-refractivity contribution in [1.82, 2.24) is 10.1 Å². The fourth-order valence-electron chi connectivity index (χ4n) is 2.23. The van der Waals surface area contributed by atoms with E-state index in [1.54, 1.807) is 0 Å². The van der Waals surface area contributed by atoms with Gasteiger partial charge < -0.3 is 15.4 Å². The maximum Gasteiger partial charge on any atom is 0.234 e. The minimum atomic E-state index is -0.0965. The fraction of sp³-hybridized carbons (Fsp3) is 0.800. The first-order valence-corrected chi connectivity index (χ1v) is 5.45. The lowest BCUT2D eigenvalue weighted by Crippen LogP contribution is -2.32. The van der Waals surface area contributed by atoms with Gasteiger partial charge in [0.1, 0.15) is 0 Å². The summed E-state index contributed by atoms with van der Waals surface area (Å²) in [6.45, 7) is 0.613. The van der Waals surface area contributed by atoms with Gasteiger partial charge in [0.15, 0.2) is 5.82 Å². The van der Waals surface area contributed by atoms with E-state index < -0.39 is 0 Å². The maximum atomic E-state index is 8.77. The summed E-state index contributed by atoms with van der Waals surface area (Å²) in [5, 5.41) is 12.6. The van der Waals surface area contributed by atoms with Crippen LogP contribution in [0.2, 0.25) is 0 Å². The van der Waals surface area contributed by atoms with Gasteiger partial charge in [-0.2, -0.15) is 4.98 Å². The summed E-state index contributed by atoms with van der Waals surface area (Å²) in [7, 11) is 0. The highest BCUT2D eigenvalue weighted by Gasteiger charge is 2.39. The summed E-state index contributed by atoms with van der Waals surface area (Å²) in [5.41, 5.74) is 5.71. The summed E-state index contributed by atoms with van der Waals surface area (Å²) in [4.78, 5) is 4.31. The van der Waals surface area contributed by atoms with Crippen molar-refractivity contribution in [3.63, 3.8) is 0 Å². The largest absolute Gasteiger partial charge is 0.396 e. The summed E-state index contributed by atoms with van der Waals surface area (Å²) < 4.78 is 5.24. The molecule has 1 aromatic rings. The Balaban J connectivity index is 2.19. The van der Waals surface area contributed by atoms with Crippen molar-refractivity contribution in [3.8, 4) is 0 Å². The molecule has 3 N–H and O–H groups in total. The molecule has 0 bridgehead atoms. The zero-order chi connectivity index (χ0) is 10.7. The smallest absolute Gasteiger partial charge is 0.234 e. The van der Waals surface area contributed by atoms with Crippen LogP contribution in [-0.2, 0) is 11.8 Å². The lowest BCUT2D eigenvalue weighted by atomic mass is 9.86. The molecule has 0 spiro atoms. The summed E-state index contributed by atoms with van der Waals surface area (Å²) in [5.74, 6) is 1.23. The quantitative estimate of drug-likeness (QED) is 0.751. The van der Waals surface area contributed by atoms with Gasteiger partial charge in [-0.1, -0.05) is 18.0 Å². The molecule has 0 radical (unpaired) electrons. The predicted octanol–water partition coefficient (Wildman–Crippen LogP) is 0.375. The third-order valence-corrected chi connectivity index (χ3v) is 3.21. The topological polar surface area (TPSA) is 85.2 Å². The van der Waals surface area contributed by atoms with Gasteiger partial charge in [-0.15, -0.1) is 0 Å². The van der Waals surface area contributed by atoms with Crippen LogP contribution in [0.3, 0.4) is 0 Å². The highest BCUT2D eigenvalue weighted by atomic mass is 16.5. The highest BCUT2D eigenvalue weighted by Crippen LogP contribution is 2.39. The Bertz CT molecular complexity index is 318. The average molecular weight is 211 g/mol. The average Bonchev–Trinajstić information content (AvgIpc) is 2.86. The van der Waals surface area contributed by atoms with Crippen molar-refractivity contribution in [2.75, 3.05) is 13.2 Å². The second-order valence-electron chi connectivity index (χ2n) is 4.18. The summed E-state index contributed by atoms with van der Waals surface area (Å²) >= 11 is 0. The number of hydrogen-bond acceptors (Lipinski definition) is 5. The van der Waals surface area contributed by atoms with Gasteiger partial charge in [-0.3, -0.25) is 0 Å². The fourth-order valence-corrected chi connectivity index (χ4v) is 2.23. The molecule has 84 valence electrons. The van der Waals surface area contributed by atoms with Gasteiger partial charge in [0, 0.05) is 13.0 Å². The van der Waals surface area contributed by atoms with Crippen LogP contribution in [0.5, 0.6) is 0 Å². The van der Waals surface area contributed by atoms with Crippen molar-refractivity contribution in [2.45, 2.75) is 37.5 Å². The Kier molecular flexibility index (Phi) is 3.02. The normalized spacial score (nSPS) is 19.6. The Morgan fingerprint density at radius 3 is 2.73 bits per heavy atom. The van der Waals surface area contributed by atoms with Gasteiger partial charge in [0.2, 0.25) is 5.89 Å². The zero-order valence-electron chi connectivity index (χ0n) is 8.78. The van der Waals surface area contributed by atoms with Gasteiger partial charge >= 0.3 is 0 Å². The van der Waals surface area contributed by atoms with Crippen LogP contribution in [-0.4, -0.2) is 28.4 Å². The molecule has 1 heterocycles. The van der Waals surface area contributed by atoms with Crippen LogP contribution in [0.4, 0.5) is 0 Å². The first-order chi connectivity index (χ1) is 7.30. The Morgan fingerprint density at radius 1 is 1.40 bits per heavy atom. The molecule has 1 fully saturated rings. The highest BCUT2D eigenvalue weighted by molar-refractivity contribution is 5.09. The van der Waals surface area contributed by atoms with Gasteiger partial charge in [0.05, 0.1) is 12.0 Å². The van der Waals surface area contributed by atoms with E-state index in [2.05, 4.69) is 10.1 Å². The van der Waals surface area contributed by atoms with E-state index in [1.807, 2.05) is 0 Å². The van der Waals surface area contributed by atoms with E-state index in [-0.39, 0.29) is 12.0 Å². The Hall–Kier alpha value is -0.940. The molecule has 5 nitrogen and oxygen atoms in total. The maximum absolute atomic E-state index is 8.77. The van der Waals surface area contributed by atoms with E-state index in [9.17, 15) is 0 Å². The van der Waals surface area contributed by atoms with Crippen molar-refractivity contribution in [1.29, 1.82) is 0 Å². The van der Waals surface area contributed by atoms with Crippen LogP contribution >= 0.6 is 0 Å². The first-order valence-electron chi connectivity index (χ1n) is 5.45. The molecule has 0 atom stereocenters. The predicted molar refractivity (Wildman–Crippen MR) is 54.3 cm³/mol. The standard InChI is InChI=1S/C10H17N3O2/c11-7-10(4-1-2-5-10)9-12-8(3-6-14)13-15-9/h14H,1-7,11H2. The molecule has 0 aromatic carbocycles. The number of aliphatic hydroxyl groups is 1.